The van der Waals surface area contributed by atoms with E-state index in [0.29, 0.717) is 4.48 Å². The normalized spacial score (nSPS) is 14.8. The molecular weight excluding hydrogens is 401 g/mol. The van der Waals surface area contributed by atoms with Crippen molar-refractivity contribution in [3.8, 4) is 0 Å². The van der Waals surface area contributed by atoms with Crippen LogP contribution in [0, 0.1) is 0 Å². The molecule has 0 bridgehead atoms. The van der Waals surface area contributed by atoms with Crippen molar-refractivity contribution in [2.24, 2.45) is 0 Å². The van der Waals surface area contributed by atoms with Crippen molar-refractivity contribution in [2.45, 2.75) is 141 Å². The van der Waals surface area contributed by atoms with Crippen LogP contribution in [-0.4, -0.2) is 30.9 Å². The number of quaternary nitrogens is 1. The molecule has 0 N–H and O–H groups in total. The second-order valence-corrected chi connectivity index (χ2v) is 11.7. The quantitative estimate of drug-likeness (QED) is 0.0709. The summed E-state index contributed by atoms with van der Waals surface area (Å²) in [7, 11) is 3.64. The fourth-order valence-corrected chi connectivity index (χ4v) is 5.87. The molecule has 0 amide bonds. The van der Waals surface area contributed by atoms with Crippen LogP contribution in [-0.2, 0) is 4.57 Å². The van der Waals surface area contributed by atoms with Crippen molar-refractivity contribution in [3.63, 3.8) is 0 Å². The van der Waals surface area contributed by atoms with Gasteiger partial charge in [0.05, 0.1) is 21.1 Å². The molecule has 0 aliphatic heterocycles. The lowest BCUT2D eigenvalue weighted by atomic mass is 10.00. The van der Waals surface area contributed by atoms with Crippen molar-refractivity contribution in [3.05, 3.63) is 12.2 Å². The standard InChI is InChI=1S/C27H55NO2P/c1-6-8-9-10-11-12-13-14-15-16-17-18-19-20-21-22-23-24-26-27(25-7-2,31(29)30)28(3,4)5/h20-21H,6-19,22-26H2,1-5H3/q+1/b21-20-. The highest BCUT2D eigenvalue weighted by molar-refractivity contribution is 7.38. The van der Waals surface area contributed by atoms with Gasteiger partial charge in [0.2, 0.25) is 0 Å². The van der Waals surface area contributed by atoms with Crippen LogP contribution < -0.4 is 4.89 Å². The van der Waals surface area contributed by atoms with E-state index < -0.39 is 13.3 Å². The lowest BCUT2D eigenvalue weighted by Gasteiger charge is -2.39. The van der Waals surface area contributed by atoms with Gasteiger partial charge in [-0.05, 0) is 38.5 Å². The lowest BCUT2D eigenvalue weighted by Crippen LogP contribution is -2.55. The summed E-state index contributed by atoms with van der Waals surface area (Å²) >= 11 is 0. The molecule has 4 heteroatoms. The lowest BCUT2D eigenvalue weighted by molar-refractivity contribution is -0.910. The Labute approximate surface area is 196 Å². The first-order chi connectivity index (χ1) is 14.8. The first-order valence-corrected chi connectivity index (χ1v) is 14.6. The summed E-state index contributed by atoms with van der Waals surface area (Å²) < 4.78 is 12.6. The maximum absolute atomic E-state index is 12.1. The van der Waals surface area contributed by atoms with Crippen LogP contribution in [0.25, 0.3) is 0 Å². The largest absolute Gasteiger partial charge is 0.590 e. The van der Waals surface area contributed by atoms with E-state index in [0.717, 1.165) is 38.5 Å². The molecule has 0 saturated carbocycles. The van der Waals surface area contributed by atoms with Crippen molar-refractivity contribution >= 4 is 8.03 Å². The Kier molecular flexibility index (Phi) is 19.1. The fourth-order valence-electron chi connectivity index (χ4n) is 4.63. The summed E-state index contributed by atoms with van der Waals surface area (Å²) in [5.41, 5.74) is 0. The first-order valence-electron chi connectivity index (χ1n) is 13.4. The molecule has 0 aliphatic carbocycles. The Morgan fingerprint density at radius 3 is 1.45 bits per heavy atom. The molecular formula is C27H55NO2P+. The van der Waals surface area contributed by atoms with Crippen molar-refractivity contribution in [2.75, 3.05) is 21.1 Å². The van der Waals surface area contributed by atoms with E-state index in [-0.39, 0.29) is 0 Å². The minimum absolute atomic E-state index is 0.508. The third-order valence-corrected chi connectivity index (χ3v) is 8.55. The van der Waals surface area contributed by atoms with Gasteiger partial charge in [-0.3, -0.25) is 4.48 Å². The summed E-state index contributed by atoms with van der Waals surface area (Å²) in [6.07, 6.45) is 28.3. The predicted molar refractivity (Wildman–Crippen MR) is 137 cm³/mol. The highest BCUT2D eigenvalue weighted by atomic mass is 31.1. The highest BCUT2D eigenvalue weighted by Gasteiger charge is 2.53. The Bertz CT molecular complexity index is 459. The summed E-state index contributed by atoms with van der Waals surface area (Å²) in [6.45, 7) is 4.37. The molecule has 0 radical (unpaired) electrons. The van der Waals surface area contributed by atoms with E-state index in [2.05, 4.69) is 26.0 Å². The van der Waals surface area contributed by atoms with E-state index in [4.69, 9.17) is 0 Å². The Morgan fingerprint density at radius 2 is 1.06 bits per heavy atom. The number of hydrogen-bond donors (Lipinski definition) is 0. The maximum atomic E-state index is 12.1. The smallest absolute Gasteiger partial charge is 0.376 e. The van der Waals surface area contributed by atoms with Crippen LogP contribution in [0.3, 0.4) is 0 Å². The van der Waals surface area contributed by atoms with Gasteiger partial charge in [0, 0.05) is 12.8 Å². The average Bonchev–Trinajstić information content (AvgIpc) is 2.71. The molecule has 0 aromatic heterocycles. The molecule has 0 heterocycles. The van der Waals surface area contributed by atoms with Gasteiger partial charge in [0.25, 0.3) is 5.28 Å². The highest BCUT2D eigenvalue weighted by Crippen LogP contribution is 2.45. The second kappa shape index (κ2) is 19.2. The zero-order valence-corrected chi connectivity index (χ0v) is 22.7. The van der Waals surface area contributed by atoms with Gasteiger partial charge < -0.3 is 4.89 Å². The fraction of sp³-hybridized carbons (Fsp3) is 0.926. The molecule has 0 rings (SSSR count). The van der Waals surface area contributed by atoms with E-state index in [1.165, 1.54) is 83.5 Å². The summed E-state index contributed by atoms with van der Waals surface area (Å²) in [6, 6.07) is 0. The molecule has 0 aliphatic rings. The van der Waals surface area contributed by atoms with Crippen LogP contribution in [0.1, 0.15) is 136 Å². The third kappa shape index (κ3) is 14.5. The van der Waals surface area contributed by atoms with Crippen molar-refractivity contribution < 1.29 is 13.9 Å². The molecule has 0 aromatic rings. The minimum atomic E-state index is -2.43. The first kappa shape index (κ1) is 30.8. The van der Waals surface area contributed by atoms with Crippen LogP contribution >= 0.6 is 8.03 Å². The zero-order chi connectivity index (χ0) is 23.4. The van der Waals surface area contributed by atoms with Gasteiger partial charge >= 0.3 is 8.03 Å². The molecule has 184 valence electrons. The SMILES string of the molecule is CCCCCCCCCCCCCC/C=C\CCCCC(CCC)([P+](=O)[O-])[N+](C)(C)C. The van der Waals surface area contributed by atoms with Crippen LogP contribution in [0.15, 0.2) is 12.2 Å². The molecule has 0 spiro atoms. The van der Waals surface area contributed by atoms with E-state index in [1.807, 2.05) is 21.1 Å². The number of rotatable bonds is 22. The second-order valence-electron chi connectivity index (χ2n) is 10.4. The monoisotopic (exact) mass is 456 g/mol. The topological polar surface area (TPSA) is 40.1 Å². The van der Waals surface area contributed by atoms with Gasteiger partial charge in [-0.25, -0.2) is 0 Å². The van der Waals surface area contributed by atoms with Crippen LogP contribution in [0.5, 0.6) is 0 Å². The van der Waals surface area contributed by atoms with Crippen LogP contribution in [0.2, 0.25) is 0 Å². The van der Waals surface area contributed by atoms with Gasteiger partial charge in [-0.15, -0.1) is 0 Å². The van der Waals surface area contributed by atoms with Crippen LogP contribution in [0.4, 0.5) is 0 Å². The van der Waals surface area contributed by atoms with E-state index in [1.54, 1.807) is 0 Å². The molecule has 0 fully saturated rings. The average molecular weight is 457 g/mol. The maximum Gasteiger partial charge on any atom is 0.376 e. The van der Waals surface area contributed by atoms with Crippen molar-refractivity contribution in [1.29, 1.82) is 0 Å². The predicted octanol–water partition coefficient (Wildman–Crippen LogP) is 8.50. The van der Waals surface area contributed by atoms with Gasteiger partial charge in [-0.2, -0.15) is 0 Å². The molecule has 3 nitrogen and oxygen atoms in total. The summed E-state index contributed by atoms with van der Waals surface area (Å²) in [4.78, 5) is 12.1. The molecule has 2 atom stereocenters. The molecule has 0 aromatic carbocycles. The molecule has 2 unspecified atom stereocenters. The zero-order valence-electron chi connectivity index (χ0n) is 21.8. The van der Waals surface area contributed by atoms with Gasteiger partial charge in [-0.1, -0.05) is 101 Å². The Hall–Kier alpha value is -0.240. The Morgan fingerprint density at radius 1 is 0.645 bits per heavy atom. The number of hydrogen-bond acceptors (Lipinski definition) is 2. The summed E-state index contributed by atoms with van der Waals surface area (Å²) in [5.74, 6) is 0. The van der Waals surface area contributed by atoms with E-state index >= 15 is 0 Å². The van der Waals surface area contributed by atoms with Crippen molar-refractivity contribution in [1.82, 2.24) is 0 Å². The number of unbranched alkanes of at least 4 members (excludes halogenated alkanes) is 14. The van der Waals surface area contributed by atoms with Gasteiger partial charge in [0.1, 0.15) is 0 Å². The third-order valence-electron chi connectivity index (χ3n) is 6.83. The number of allylic oxidation sites excluding steroid dienone is 2. The van der Waals surface area contributed by atoms with E-state index in [9.17, 15) is 9.46 Å². The minimum Gasteiger partial charge on any atom is -0.590 e. The van der Waals surface area contributed by atoms with Gasteiger partial charge in [0.15, 0.2) is 0 Å². The molecule has 0 saturated heterocycles. The number of nitrogens with zero attached hydrogens (tertiary/aromatic N) is 1. The molecule has 31 heavy (non-hydrogen) atoms. The summed E-state index contributed by atoms with van der Waals surface area (Å²) in [5, 5.41) is -0.608. The Balaban J connectivity index is 3.70.